The van der Waals surface area contributed by atoms with E-state index in [1.165, 1.54) is 18.2 Å². The maximum Gasteiger partial charge on any atom is 0.305 e. The second-order valence-electron chi connectivity index (χ2n) is 3.56. The summed E-state index contributed by atoms with van der Waals surface area (Å²) in [6.45, 7) is 0. The van der Waals surface area contributed by atoms with E-state index in [0.29, 0.717) is 4.47 Å². The number of nitriles is 1. The van der Waals surface area contributed by atoms with Crippen LogP contribution in [-0.2, 0) is 0 Å². The van der Waals surface area contributed by atoms with Gasteiger partial charge in [-0.3, -0.25) is 10.1 Å². The average Bonchev–Trinajstić information content (AvgIpc) is 2.41. The summed E-state index contributed by atoms with van der Waals surface area (Å²) >= 11 is 3.10. The Kier molecular flexibility index (Phi) is 3.91. The van der Waals surface area contributed by atoms with E-state index < -0.39 is 22.1 Å². The first-order valence-electron chi connectivity index (χ1n) is 5.19. The summed E-state index contributed by atoms with van der Waals surface area (Å²) in [5.74, 6) is -0.829. The Morgan fingerprint density at radius 2 is 2.15 bits per heavy atom. The molecule has 1 aromatic carbocycles. The maximum atomic E-state index is 13.6. The van der Waals surface area contributed by atoms with Gasteiger partial charge in [-0.15, -0.1) is 0 Å². The van der Waals surface area contributed by atoms with Crippen LogP contribution in [0.3, 0.4) is 0 Å². The van der Waals surface area contributed by atoms with Gasteiger partial charge in [-0.2, -0.15) is 10.2 Å². The Bertz CT molecular complexity index is 730. The third kappa shape index (κ3) is 2.89. The quantitative estimate of drug-likeness (QED) is 0.631. The first-order valence-corrected chi connectivity index (χ1v) is 5.99. The van der Waals surface area contributed by atoms with Gasteiger partial charge in [0.05, 0.1) is 4.92 Å². The van der Waals surface area contributed by atoms with Crippen LogP contribution in [-0.4, -0.2) is 9.91 Å². The minimum absolute atomic E-state index is 0.0987. The number of ether oxygens (including phenoxy) is 1. The lowest BCUT2D eigenvalue weighted by molar-refractivity contribution is -0.385. The van der Waals surface area contributed by atoms with Gasteiger partial charge in [-0.25, -0.2) is 4.39 Å². The fraction of sp³-hybridized carbons (Fsp3) is 0. The molecule has 2 rings (SSSR count). The normalized spacial score (nSPS) is 9.85. The molecular weight excluding hydrogens is 333 g/mol. The average molecular weight is 338 g/mol. The highest BCUT2D eigenvalue weighted by Gasteiger charge is 2.17. The van der Waals surface area contributed by atoms with Crippen molar-refractivity contribution in [1.29, 1.82) is 5.26 Å². The fourth-order valence-corrected chi connectivity index (χ4v) is 1.72. The van der Waals surface area contributed by atoms with Gasteiger partial charge >= 0.3 is 5.69 Å². The molecular formula is C12H5BrFN3O3. The Morgan fingerprint density at radius 3 is 2.75 bits per heavy atom. The highest BCUT2D eigenvalue weighted by molar-refractivity contribution is 9.10. The second kappa shape index (κ2) is 5.63. The zero-order valence-electron chi connectivity index (χ0n) is 9.71. The van der Waals surface area contributed by atoms with Crippen molar-refractivity contribution in [2.24, 2.45) is 0 Å². The van der Waals surface area contributed by atoms with E-state index in [0.717, 1.165) is 6.07 Å². The number of nitrogens with zero attached hydrogens (tertiary/aromatic N) is 3. The van der Waals surface area contributed by atoms with Crippen LogP contribution in [0, 0.1) is 27.3 Å². The molecule has 0 saturated heterocycles. The van der Waals surface area contributed by atoms with Crippen molar-refractivity contribution in [2.75, 3.05) is 0 Å². The van der Waals surface area contributed by atoms with Crippen LogP contribution in [0.15, 0.2) is 34.8 Å². The molecule has 0 aliphatic carbocycles. The summed E-state index contributed by atoms with van der Waals surface area (Å²) in [4.78, 5) is 13.6. The number of pyridine rings is 1. The maximum absolute atomic E-state index is 13.6. The number of rotatable bonds is 3. The van der Waals surface area contributed by atoms with Crippen LogP contribution in [0.4, 0.5) is 10.1 Å². The molecule has 6 nitrogen and oxygen atoms in total. The van der Waals surface area contributed by atoms with Crippen molar-refractivity contribution < 1.29 is 14.1 Å². The van der Waals surface area contributed by atoms with E-state index in [2.05, 4.69) is 20.9 Å². The lowest BCUT2D eigenvalue weighted by atomic mass is 10.3. The summed E-state index contributed by atoms with van der Waals surface area (Å²) in [5.41, 5.74) is -0.832. The van der Waals surface area contributed by atoms with Gasteiger partial charge in [0.15, 0.2) is 11.6 Å². The van der Waals surface area contributed by atoms with Gasteiger partial charge in [0.2, 0.25) is 11.6 Å². The van der Waals surface area contributed by atoms with Gasteiger partial charge in [-0.1, -0.05) is 15.9 Å². The number of hydrogen-bond acceptors (Lipinski definition) is 5. The van der Waals surface area contributed by atoms with Crippen molar-refractivity contribution in [3.63, 3.8) is 0 Å². The third-order valence-corrected chi connectivity index (χ3v) is 2.75. The van der Waals surface area contributed by atoms with Crippen LogP contribution in [0.1, 0.15) is 5.69 Å². The Balaban J connectivity index is 2.35. The van der Waals surface area contributed by atoms with E-state index in [4.69, 9.17) is 10.00 Å². The number of benzene rings is 1. The largest absolute Gasteiger partial charge is 0.436 e. The smallest absolute Gasteiger partial charge is 0.305 e. The first kappa shape index (κ1) is 13.9. The molecule has 1 aromatic heterocycles. The molecule has 20 heavy (non-hydrogen) atoms. The first-order chi connectivity index (χ1) is 9.51. The molecule has 0 amide bonds. The molecule has 0 saturated carbocycles. The number of halogens is 2. The highest BCUT2D eigenvalue weighted by atomic mass is 79.9. The predicted octanol–water partition coefficient (Wildman–Crippen LogP) is 3.56. The SMILES string of the molecule is N#Cc1nc(Oc2ccc(Br)cc2F)ccc1[N+](=O)[O-]. The van der Waals surface area contributed by atoms with Gasteiger partial charge in [-0.05, 0) is 18.2 Å². The van der Waals surface area contributed by atoms with Gasteiger partial charge in [0.1, 0.15) is 6.07 Å². The molecule has 0 N–H and O–H groups in total. The van der Waals surface area contributed by atoms with Gasteiger partial charge < -0.3 is 4.74 Å². The van der Waals surface area contributed by atoms with Crippen molar-refractivity contribution in [3.05, 3.63) is 56.4 Å². The Labute approximate surface area is 120 Å². The molecule has 8 heteroatoms. The highest BCUT2D eigenvalue weighted by Crippen LogP contribution is 2.27. The minimum atomic E-state index is -0.727. The Hall–Kier alpha value is -2.53. The van der Waals surface area contributed by atoms with Crippen LogP contribution in [0.25, 0.3) is 0 Å². The van der Waals surface area contributed by atoms with Crippen LogP contribution in [0.2, 0.25) is 0 Å². The molecule has 0 aliphatic heterocycles. The monoisotopic (exact) mass is 337 g/mol. The van der Waals surface area contributed by atoms with E-state index >= 15 is 0 Å². The summed E-state index contributed by atoms with van der Waals surface area (Å²) in [5, 5.41) is 19.4. The Morgan fingerprint density at radius 1 is 1.40 bits per heavy atom. The van der Waals surface area contributed by atoms with Crippen LogP contribution in [0.5, 0.6) is 11.6 Å². The van der Waals surface area contributed by atoms with Gasteiger partial charge in [0, 0.05) is 16.6 Å². The molecule has 0 fully saturated rings. The summed E-state index contributed by atoms with van der Waals surface area (Å²) in [6.07, 6.45) is 0. The summed E-state index contributed by atoms with van der Waals surface area (Å²) in [7, 11) is 0. The van der Waals surface area contributed by atoms with E-state index in [9.17, 15) is 14.5 Å². The van der Waals surface area contributed by atoms with Crippen molar-refractivity contribution in [2.45, 2.75) is 0 Å². The third-order valence-electron chi connectivity index (χ3n) is 2.26. The molecule has 0 unspecified atom stereocenters. The molecule has 0 spiro atoms. The number of nitro groups is 1. The molecule has 0 radical (unpaired) electrons. The molecule has 0 aliphatic rings. The number of aromatic nitrogens is 1. The molecule has 2 aromatic rings. The molecule has 100 valence electrons. The lowest BCUT2D eigenvalue weighted by Gasteiger charge is -2.06. The van der Waals surface area contributed by atoms with Crippen molar-refractivity contribution >= 4 is 21.6 Å². The van der Waals surface area contributed by atoms with Crippen LogP contribution < -0.4 is 4.74 Å². The topological polar surface area (TPSA) is 89.0 Å². The van der Waals surface area contributed by atoms with E-state index in [1.807, 2.05) is 0 Å². The van der Waals surface area contributed by atoms with E-state index in [1.54, 1.807) is 12.1 Å². The van der Waals surface area contributed by atoms with E-state index in [-0.39, 0.29) is 11.6 Å². The number of hydrogen-bond donors (Lipinski definition) is 0. The van der Waals surface area contributed by atoms with Gasteiger partial charge in [0.25, 0.3) is 0 Å². The zero-order valence-corrected chi connectivity index (χ0v) is 11.3. The standard InChI is InChI=1S/C12H5BrFN3O3/c13-7-1-3-11(8(14)5-7)20-12-4-2-10(17(18)19)9(6-15)16-12/h1-5H. The summed E-state index contributed by atoms with van der Waals surface area (Å²) in [6, 6.07) is 8.00. The molecule has 0 bridgehead atoms. The van der Waals surface area contributed by atoms with Crippen molar-refractivity contribution in [1.82, 2.24) is 4.98 Å². The minimum Gasteiger partial charge on any atom is -0.436 e. The summed E-state index contributed by atoms with van der Waals surface area (Å²) < 4.78 is 19.3. The molecule has 0 atom stereocenters. The molecule has 1 heterocycles. The zero-order chi connectivity index (χ0) is 14.7. The second-order valence-corrected chi connectivity index (χ2v) is 4.48. The van der Waals surface area contributed by atoms with Crippen LogP contribution >= 0.6 is 15.9 Å². The fourth-order valence-electron chi connectivity index (χ4n) is 1.39. The van der Waals surface area contributed by atoms with Crippen molar-refractivity contribution in [3.8, 4) is 17.7 Å². The predicted molar refractivity (Wildman–Crippen MR) is 69.8 cm³/mol. The lowest BCUT2D eigenvalue weighted by Crippen LogP contribution is -1.97.